The number of fused-ring (bicyclic) bond motifs is 1. The number of nitrogens with zero attached hydrogens (tertiary/aromatic N) is 1. The minimum atomic E-state index is -0.284. The van der Waals surface area contributed by atoms with Crippen molar-refractivity contribution in [2.24, 2.45) is 0 Å². The van der Waals surface area contributed by atoms with E-state index in [1.54, 1.807) is 12.1 Å². The maximum Gasteiger partial charge on any atom is 0.224 e. The second-order valence-electron chi connectivity index (χ2n) is 5.18. The smallest absolute Gasteiger partial charge is 0.224 e. The predicted molar refractivity (Wildman–Crippen MR) is 72.6 cm³/mol. The van der Waals surface area contributed by atoms with Gasteiger partial charge in [-0.05, 0) is 36.1 Å². The molecule has 1 aliphatic carbocycles. The van der Waals surface area contributed by atoms with Crippen molar-refractivity contribution in [2.45, 2.75) is 31.7 Å². The van der Waals surface area contributed by atoms with Crippen LogP contribution in [-0.4, -0.2) is 22.1 Å². The van der Waals surface area contributed by atoms with Gasteiger partial charge in [0, 0.05) is 18.2 Å². The SMILES string of the molecule is O=C(Cc1ccc(F)cc1)NC1CCc2cn[nH]c2C1. The second-order valence-corrected chi connectivity index (χ2v) is 5.18. The lowest BCUT2D eigenvalue weighted by molar-refractivity contribution is -0.121. The minimum Gasteiger partial charge on any atom is -0.353 e. The van der Waals surface area contributed by atoms with Crippen molar-refractivity contribution < 1.29 is 9.18 Å². The van der Waals surface area contributed by atoms with Crippen LogP contribution in [0.2, 0.25) is 0 Å². The number of hydrogen-bond donors (Lipinski definition) is 2. The molecule has 1 amide bonds. The van der Waals surface area contributed by atoms with E-state index in [2.05, 4.69) is 15.5 Å². The number of H-pyrrole nitrogens is 1. The molecular weight excluding hydrogens is 257 g/mol. The Morgan fingerprint density at radius 3 is 3.00 bits per heavy atom. The van der Waals surface area contributed by atoms with Crippen LogP contribution in [0.5, 0.6) is 0 Å². The zero-order chi connectivity index (χ0) is 13.9. The fourth-order valence-electron chi connectivity index (χ4n) is 2.60. The van der Waals surface area contributed by atoms with E-state index >= 15 is 0 Å². The first-order valence-corrected chi connectivity index (χ1v) is 6.75. The molecule has 0 saturated heterocycles. The summed E-state index contributed by atoms with van der Waals surface area (Å²) in [4.78, 5) is 12.0. The fourth-order valence-corrected chi connectivity index (χ4v) is 2.60. The monoisotopic (exact) mass is 273 g/mol. The first kappa shape index (κ1) is 12.8. The van der Waals surface area contributed by atoms with Gasteiger partial charge in [0.25, 0.3) is 0 Å². The van der Waals surface area contributed by atoms with Crippen molar-refractivity contribution in [2.75, 3.05) is 0 Å². The maximum absolute atomic E-state index is 12.8. The highest BCUT2D eigenvalue weighted by Crippen LogP contribution is 2.18. The summed E-state index contributed by atoms with van der Waals surface area (Å²) in [6.45, 7) is 0. The van der Waals surface area contributed by atoms with E-state index in [9.17, 15) is 9.18 Å². The molecule has 2 aromatic rings. The highest BCUT2D eigenvalue weighted by Gasteiger charge is 2.21. The number of benzene rings is 1. The predicted octanol–water partition coefficient (Wildman–Crippen LogP) is 1.76. The Hall–Kier alpha value is -2.17. The lowest BCUT2D eigenvalue weighted by Crippen LogP contribution is -2.39. The van der Waals surface area contributed by atoms with E-state index in [1.165, 1.54) is 17.7 Å². The van der Waals surface area contributed by atoms with Crippen molar-refractivity contribution in [3.8, 4) is 0 Å². The number of hydrogen-bond acceptors (Lipinski definition) is 2. The van der Waals surface area contributed by atoms with Gasteiger partial charge in [0.2, 0.25) is 5.91 Å². The molecule has 4 nitrogen and oxygen atoms in total. The lowest BCUT2D eigenvalue weighted by atomic mass is 9.93. The normalized spacial score (nSPS) is 17.6. The molecule has 0 saturated carbocycles. The number of aromatic nitrogens is 2. The summed E-state index contributed by atoms with van der Waals surface area (Å²) in [5, 5.41) is 10.0. The van der Waals surface area contributed by atoms with E-state index in [-0.39, 0.29) is 24.2 Å². The van der Waals surface area contributed by atoms with E-state index < -0.39 is 0 Å². The van der Waals surface area contributed by atoms with Gasteiger partial charge in [-0.25, -0.2) is 4.39 Å². The number of carbonyl (C=O) groups excluding carboxylic acids is 1. The second kappa shape index (κ2) is 5.45. The molecule has 20 heavy (non-hydrogen) atoms. The largest absolute Gasteiger partial charge is 0.353 e. The number of aryl methyl sites for hydroxylation is 1. The number of aromatic amines is 1. The average Bonchev–Trinajstić information content (AvgIpc) is 2.89. The van der Waals surface area contributed by atoms with Crippen molar-refractivity contribution in [1.29, 1.82) is 0 Å². The molecule has 1 aromatic carbocycles. The van der Waals surface area contributed by atoms with E-state index in [4.69, 9.17) is 0 Å². The van der Waals surface area contributed by atoms with Crippen LogP contribution in [0, 0.1) is 5.82 Å². The molecule has 1 aromatic heterocycles. The number of amides is 1. The summed E-state index contributed by atoms with van der Waals surface area (Å²) in [6, 6.07) is 6.18. The molecule has 5 heteroatoms. The van der Waals surface area contributed by atoms with Gasteiger partial charge in [-0.2, -0.15) is 5.10 Å². The van der Waals surface area contributed by atoms with Gasteiger partial charge in [0.1, 0.15) is 5.82 Å². The number of rotatable bonds is 3. The minimum absolute atomic E-state index is 0.0235. The summed E-state index contributed by atoms with van der Waals surface area (Å²) >= 11 is 0. The van der Waals surface area contributed by atoms with E-state index in [0.717, 1.165) is 30.5 Å². The van der Waals surface area contributed by atoms with Gasteiger partial charge in [-0.1, -0.05) is 12.1 Å². The van der Waals surface area contributed by atoms with Crippen LogP contribution in [0.15, 0.2) is 30.5 Å². The topological polar surface area (TPSA) is 57.8 Å². The van der Waals surface area contributed by atoms with Gasteiger partial charge in [-0.15, -0.1) is 0 Å². The third-order valence-corrected chi connectivity index (χ3v) is 3.66. The first-order chi connectivity index (χ1) is 9.70. The maximum atomic E-state index is 12.8. The Morgan fingerprint density at radius 1 is 1.40 bits per heavy atom. The molecule has 0 spiro atoms. The van der Waals surface area contributed by atoms with Crippen LogP contribution in [-0.2, 0) is 24.1 Å². The summed E-state index contributed by atoms with van der Waals surface area (Å²) in [5.74, 6) is -0.308. The van der Waals surface area contributed by atoms with Crippen molar-refractivity contribution in [3.05, 3.63) is 53.1 Å². The van der Waals surface area contributed by atoms with Gasteiger partial charge >= 0.3 is 0 Å². The highest BCUT2D eigenvalue weighted by molar-refractivity contribution is 5.78. The van der Waals surface area contributed by atoms with Gasteiger partial charge in [0.05, 0.1) is 12.6 Å². The Morgan fingerprint density at radius 2 is 2.20 bits per heavy atom. The van der Waals surface area contributed by atoms with Crippen LogP contribution in [0.4, 0.5) is 4.39 Å². The highest BCUT2D eigenvalue weighted by atomic mass is 19.1. The van der Waals surface area contributed by atoms with Gasteiger partial charge < -0.3 is 5.32 Å². The Labute approximate surface area is 116 Å². The van der Waals surface area contributed by atoms with Gasteiger partial charge in [0.15, 0.2) is 0 Å². The van der Waals surface area contributed by atoms with Crippen LogP contribution in [0.25, 0.3) is 0 Å². The van der Waals surface area contributed by atoms with Crippen molar-refractivity contribution >= 4 is 5.91 Å². The zero-order valence-corrected chi connectivity index (χ0v) is 11.0. The molecule has 1 unspecified atom stereocenters. The summed E-state index contributed by atoms with van der Waals surface area (Å²) in [7, 11) is 0. The standard InChI is InChI=1S/C15H16FN3O/c16-12-4-1-10(2-5-12)7-15(20)18-13-6-3-11-9-17-19-14(11)8-13/h1-2,4-5,9,13H,3,6-8H2,(H,17,19)(H,18,20). The first-order valence-electron chi connectivity index (χ1n) is 6.75. The van der Waals surface area contributed by atoms with Gasteiger partial charge in [-0.3, -0.25) is 9.89 Å². The zero-order valence-electron chi connectivity index (χ0n) is 11.0. The fraction of sp³-hybridized carbons (Fsp3) is 0.333. The third kappa shape index (κ3) is 2.87. The number of carbonyl (C=O) groups is 1. The quantitative estimate of drug-likeness (QED) is 0.895. The van der Waals surface area contributed by atoms with Crippen LogP contribution < -0.4 is 5.32 Å². The summed E-state index contributed by atoms with van der Waals surface area (Å²) in [6.07, 6.45) is 4.80. The Balaban J connectivity index is 1.56. The molecule has 1 atom stereocenters. The molecule has 104 valence electrons. The number of halogens is 1. The van der Waals surface area contributed by atoms with E-state index in [1.807, 2.05) is 6.20 Å². The van der Waals surface area contributed by atoms with Crippen LogP contribution in [0.3, 0.4) is 0 Å². The molecular formula is C15H16FN3O. The number of nitrogens with one attached hydrogen (secondary N) is 2. The third-order valence-electron chi connectivity index (χ3n) is 3.66. The molecule has 3 rings (SSSR count). The van der Waals surface area contributed by atoms with Crippen LogP contribution >= 0.6 is 0 Å². The average molecular weight is 273 g/mol. The van der Waals surface area contributed by atoms with Crippen molar-refractivity contribution in [1.82, 2.24) is 15.5 Å². The Kier molecular flexibility index (Phi) is 3.50. The molecule has 0 radical (unpaired) electrons. The lowest BCUT2D eigenvalue weighted by Gasteiger charge is -2.22. The molecule has 0 fully saturated rings. The molecule has 1 heterocycles. The summed E-state index contributed by atoms with van der Waals surface area (Å²) in [5.41, 5.74) is 3.18. The Bertz CT molecular complexity index is 606. The molecule has 0 aliphatic heterocycles. The molecule has 2 N–H and O–H groups in total. The van der Waals surface area contributed by atoms with E-state index in [0.29, 0.717) is 0 Å². The van der Waals surface area contributed by atoms with Crippen LogP contribution in [0.1, 0.15) is 23.2 Å². The van der Waals surface area contributed by atoms with Crippen molar-refractivity contribution in [3.63, 3.8) is 0 Å². The molecule has 0 bridgehead atoms. The molecule has 1 aliphatic rings. The summed E-state index contributed by atoms with van der Waals surface area (Å²) < 4.78 is 12.8.